The van der Waals surface area contributed by atoms with E-state index in [0.717, 1.165) is 6.39 Å². The molecule has 0 aliphatic carbocycles. The van der Waals surface area contributed by atoms with Crippen LogP contribution < -0.4 is 9.47 Å². The summed E-state index contributed by atoms with van der Waals surface area (Å²) in [6.45, 7) is 2.48. The lowest BCUT2D eigenvalue weighted by molar-refractivity contribution is -0.137. The molecule has 24 heavy (non-hydrogen) atoms. The van der Waals surface area contributed by atoms with E-state index in [1.165, 1.54) is 4.90 Å². The molecule has 1 N–H and O–H groups in total. The summed E-state index contributed by atoms with van der Waals surface area (Å²) in [4.78, 5) is 28.6. The molecule has 0 unspecified atom stereocenters. The molecule has 0 spiro atoms. The first-order valence-corrected chi connectivity index (χ1v) is 7.44. The zero-order chi connectivity index (χ0) is 17.1. The van der Waals surface area contributed by atoms with Crippen molar-refractivity contribution in [1.82, 2.24) is 9.88 Å². The van der Waals surface area contributed by atoms with Crippen molar-refractivity contribution in [2.45, 2.75) is 6.92 Å². The predicted octanol–water partition coefficient (Wildman–Crippen LogP) is 1.66. The summed E-state index contributed by atoms with van der Waals surface area (Å²) in [7, 11) is 0. The van der Waals surface area contributed by atoms with Crippen LogP contribution in [0.15, 0.2) is 29.0 Å². The molecule has 2 heterocycles. The molecule has 1 aliphatic heterocycles. The zero-order valence-corrected chi connectivity index (χ0v) is 13.0. The molecule has 0 atom stereocenters. The molecule has 0 saturated carbocycles. The van der Waals surface area contributed by atoms with E-state index in [-0.39, 0.29) is 18.0 Å². The highest BCUT2D eigenvalue weighted by molar-refractivity contribution is 5.99. The number of carbonyl (C=O) groups is 2. The molecule has 0 fully saturated rings. The smallest absolute Gasteiger partial charge is 0.323 e. The number of rotatable bonds is 5. The summed E-state index contributed by atoms with van der Waals surface area (Å²) in [6.07, 6.45) is 1.16. The van der Waals surface area contributed by atoms with E-state index < -0.39 is 18.4 Å². The lowest BCUT2D eigenvalue weighted by atomic mass is 10.1. The van der Waals surface area contributed by atoms with Gasteiger partial charge in [0, 0.05) is 12.1 Å². The molecule has 1 aromatic carbocycles. The predicted molar refractivity (Wildman–Crippen MR) is 82.1 cm³/mol. The van der Waals surface area contributed by atoms with Gasteiger partial charge < -0.3 is 23.9 Å². The summed E-state index contributed by atoms with van der Waals surface area (Å²) < 4.78 is 16.3. The molecule has 0 radical (unpaired) electrons. The third-order valence-electron chi connectivity index (χ3n) is 3.57. The van der Waals surface area contributed by atoms with Crippen LogP contribution in [-0.2, 0) is 4.79 Å². The Morgan fingerprint density at radius 2 is 2.00 bits per heavy atom. The number of carboxylic acids is 1. The van der Waals surface area contributed by atoms with Gasteiger partial charge in [0.05, 0.1) is 0 Å². The Balaban J connectivity index is 1.92. The van der Waals surface area contributed by atoms with E-state index in [1.807, 2.05) is 0 Å². The van der Waals surface area contributed by atoms with Crippen molar-refractivity contribution in [3.63, 3.8) is 0 Å². The minimum absolute atomic E-state index is 0.0646. The number of benzene rings is 1. The summed E-state index contributed by atoms with van der Waals surface area (Å²) >= 11 is 0. The van der Waals surface area contributed by atoms with Crippen LogP contribution in [0.5, 0.6) is 11.5 Å². The standard InChI is InChI=1S/C16H16N2O6/c1-2-18(8-13(19)20)16(21)14-15(24-9-17-14)10-3-4-11-12(7-10)23-6-5-22-11/h3-4,7,9H,2,5-6,8H2,1H3,(H,19,20). The monoisotopic (exact) mass is 332 g/mol. The van der Waals surface area contributed by atoms with E-state index in [9.17, 15) is 9.59 Å². The van der Waals surface area contributed by atoms with Crippen molar-refractivity contribution in [3.8, 4) is 22.8 Å². The second-order valence-corrected chi connectivity index (χ2v) is 5.10. The Bertz CT molecular complexity index is 770. The van der Waals surface area contributed by atoms with Crippen molar-refractivity contribution in [3.05, 3.63) is 30.3 Å². The molecular formula is C16H16N2O6. The number of ether oxygens (including phenoxy) is 2. The van der Waals surface area contributed by atoms with E-state index >= 15 is 0 Å². The van der Waals surface area contributed by atoms with E-state index in [2.05, 4.69) is 4.98 Å². The lowest BCUT2D eigenvalue weighted by Crippen LogP contribution is -2.35. The highest BCUT2D eigenvalue weighted by Crippen LogP contribution is 2.35. The highest BCUT2D eigenvalue weighted by atomic mass is 16.6. The van der Waals surface area contributed by atoms with Crippen molar-refractivity contribution >= 4 is 11.9 Å². The SMILES string of the molecule is CCN(CC(=O)O)C(=O)c1ncoc1-c1ccc2c(c1)OCCO2. The third kappa shape index (κ3) is 3.03. The molecule has 1 amide bonds. The van der Waals surface area contributed by atoms with Crippen LogP contribution >= 0.6 is 0 Å². The number of oxazole rings is 1. The molecule has 1 aromatic heterocycles. The van der Waals surface area contributed by atoms with Gasteiger partial charge in [0.2, 0.25) is 0 Å². The van der Waals surface area contributed by atoms with Crippen molar-refractivity contribution in [2.75, 3.05) is 26.3 Å². The number of likely N-dealkylation sites (N-methyl/N-ethyl adjacent to an activating group) is 1. The number of fused-ring (bicyclic) bond motifs is 1. The molecule has 8 heteroatoms. The summed E-state index contributed by atoms with van der Waals surface area (Å²) in [5.41, 5.74) is 0.668. The number of amides is 1. The molecule has 2 aromatic rings. The van der Waals surface area contributed by atoms with Gasteiger partial charge in [-0.15, -0.1) is 0 Å². The summed E-state index contributed by atoms with van der Waals surface area (Å²) in [5, 5.41) is 8.91. The number of nitrogens with zero attached hydrogens (tertiary/aromatic N) is 2. The first-order chi connectivity index (χ1) is 11.6. The number of hydrogen-bond donors (Lipinski definition) is 1. The molecule has 3 rings (SSSR count). The van der Waals surface area contributed by atoms with Gasteiger partial charge >= 0.3 is 5.97 Å². The van der Waals surface area contributed by atoms with Gasteiger partial charge in [-0.05, 0) is 25.1 Å². The van der Waals surface area contributed by atoms with E-state index in [1.54, 1.807) is 25.1 Å². The van der Waals surface area contributed by atoms with Gasteiger partial charge in [-0.25, -0.2) is 4.98 Å². The van der Waals surface area contributed by atoms with E-state index in [4.69, 9.17) is 19.0 Å². The van der Waals surface area contributed by atoms with Gasteiger partial charge in [-0.3, -0.25) is 9.59 Å². The highest BCUT2D eigenvalue weighted by Gasteiger charge is 2.25. The Labute approximate surface area is 137 Å². The maximum absolute atomic E-state index is 12.5. The maximum Gasteiger partial charge on any atom is 0.323 e. The Morgan fingerprint density at radius 3 is 2.71 bits per heavy atom. The first-order valence-electron chi connectivity index (χ1n) is 7.44. The van der Waals surface area contributed by atoms with Crippen LogP contribution in [0.2, 0.25) is 0 Å². The fourth-order valence-electron chi connectivity index (χ4n) is 2.43. The fraction of sp³-hybridized carbons (Fsp3) is 0.312. The first kappa shape index (κ1) is 15.9. The average Bonchev–Trinajstić information content (AvgIpc) is 3.08. The summed E-state index contributed by atoms with van der Waals surface area (Å²) in [5.74, 6) is -0.140. The van der Waals surface area contributed by atoms with Crippen LogP contribution in [0.3, 0.4) is 0 Å². The van der Waals surface area contributed by atoms with Gasteiger partial charge in [0.25, 0.3) is 5.91 Å². The van der Waals surface area contributed by atoms with E-state index in [0.29, 0.717) is 30.3 Å². The Hall–Kier alpha value is -3.03. The van der Waals surface area contributed by atoms with Crippen LogP contribution in [0.4, 0.5) is 0 Å². The average molecular weight is 332 g/mol. The minimum atomic E-state index is -1.09. The molecule has 0 saturated heterocycles. The number of carbonyl (C=O) groups excluding carboxylic acids is 1. The largest absolute Gasteiger partial charge is 0.486 e. The molecule has 0 bridgehead atoms. The number of aliphatic carboxylic acids is 1. The van der Waals surface area contributed by atoms with Crippen molar-refractivity contribution in [2.24, 2.45) is 0 Å². The van der Waals surface area contributed by atoms with Gasteiger partial charge in [0.15, 0.2) is 29.3 Å². The zero-order valence-electron chi connectivity index (χ0n) is 13.0. The Kier molecular flexibility index (Phi) is 4.37. The fourth-order valence-corrected chi connectivity index (χ4v) is 2.43. The van der Waals surface area contributed by atoms with Gasteiger partial charge in [-0.1, -0.05) is 0 Å². The topological polar surface area (TPSA) is 102 Å². The van der Waals surface area contributed by atoms with Gasteiger partial charge in [-0.2, -0.15) is 0 Å². The maximum atomic E-state index is 12.5. The molecular weight excluding hydrogens is 316 g/mol. The third-order valence-corrected chi connectivity index (χ3v) is 3.57. The van der Waals surface area contributed by atoms with Crippen LogP contribution in [0.1, 0.15) is 17.4 Å². The summed E-state index contributed by atoms with van der Waals surface area (Å²) in [6, 6.07) is 5.17. The molecule has 126 valence electrons. The second kappa shape index (κ2) is 6.61. The number of hydrogen-bond acceptors (Lipinski definition) is 6. The number of aromatic nitrogens is 1. The van der Waals surface area contributed by atoms with Crippen LogP contribution in [0, 0.1) is 0 Å². The van der Waals surface area contributed by atoms with Crippen molar-refractivity contribution in [1.29, 1.82) is 0 Å². The Morgan fingerprint density at radius 1 is 1.25 bits per heavy atom. The number of carboxylic acid groups (broad SMARTS) is 1. The molecule has 1 aliphatic rings. The lowest BCUT2D eigenvalue weighted by Gasteiger charge is -2.19. The van der Waals surface area contributed by atoms with Crippen molar-refractivity contribution < 1.29 is 28.6 Å². The molecule has 8 nitrogen and oxygen atoms in total. The van der Waals surface area contributed by atoms with Gasteiger partial charge in [0.1, 0.15) is 19.8 Å². The van der Waals surface area contributed by atoms with Crippen LogP contribution in [0.25, 0.3) is 11.3 Å². The second-order valence-electron chi connectivity index (χ2n) is 5.10. The normalized spacial score (nSPS) is 12.7. The quantitative estimate of drug-likeness (QED) is 0.888. The van der Waals surface area contributed by atoms with Crippen LogP contribution in [-0.4, -0.2) is 53.2 Å². The minimum Gasteiger partial charge on any atom is -0.486 e.